The number of alkyl carbamates (subject to hydrolysis) is 2. The third-order valence-electron chi connectivity index (χ3n) is 27.9. The normalized spacial score (nSPS) is 19.3. The van der Waals surface area contributed by atoms with Crippen LogP contribution in [0.1, 0.15) is 247 Å². The third-order valence-corrected chi connectivity index (χ3v) is 27.9. The second kappa shape index (κ2) is 49.0. The highest BCUT2D eigenvalue weighted by Crippen LogP contribution is 2.37. The number of aromatic nitrogens is 12. The second-order valence-electron chi connectivity index (χ2n) is 39.0. The van der Waals surface area contributed by atoms with Crippen molar-refractivity contribution in [2.75, 3.05) is 97.9 Å². The van der Waals surface area contributed by atoms with E-state index >= 15 is 0 Å². The SMILES string of the molecule is CCONC(=O)c1cn(C2CCCCC2)c2nc(Nc3ccc(C[C@H]4COC(=O)N4)cc3)ncc2c1=O.CCONC(=O)c1cn(C2CCCCC2)c2nc(Nc3ccc(N4CC(C)NC(C)C4)cc3)ncc2c1=O.CONC(=O)c1cn(C2CCCCC2)c2nc(Nc3ccc(C[C@H]4COC(=O)N4)cc3)ncc2c1=O.CONC(=O)c1cn(C2CCCCC2)c2nc(Nc3ccc(N4CC(C)NC(C)C4)cc3)ncc2c1=O. The van der Waals surface area contributed by atoms with Gasteiger partial charge in [0.05, 0.1) is 61.1 Å². The first-order valence-corrected chi connectivity index (χ1v) is 51.4. The summed E-state index contributed by atoms with van der Waals surface area (Å²) in [5.74, 6) is -0.789. The Labute approximate surface area is 854 Å². The zero-order valence-corrected chi connectivity index (χ0v) is 84.6. The number of piperazine rings is 2. The molecule has 6 atom stereocenters. The number of nitrogens with zero attached hydrogens (tertiary/aromatic N) is 14. The summed E-state index contributed by atoms with van der Waals surface area (Å²) in [5.41, 5.74) is 17.4. The van der Waals surface area contributed by atoms with Crippen molar-refractivity contribution in [3.05, 3.63) is 221 Å². The summed E-state index contributed by atoms with van der Waals surface area (Å²) >= 11 is 0. The molecule has 42 nitrogen and oxygen atoms in total. The molecular weight excluding hydrogens is 1890 g/mol. The Morgan fingerprint density at radius 2 is 0.601 bits per heavy atom. The van der Waals surface area contributed by atoms with Gasteiger partial charge in [-0.15, -0.1) is 0 Å². The van der Waals surface area contributed by atoms with Crippen molar-refractivity contribution >= 4 is 138 Å². The molecule has 8 fully saturated rings. The van der Waals surface area contributed by atoms with Crippen LogP contribution in [-0.4, -0.2) is 197 Å². The lowest BCUT2D eigenvalue weighted by molar-refractivity contribution is 0.0360. The Morgan fingerprint density at radius 3 is 0.838 bits per heavy atom. The first-order chi connectivity index (χ1) is 71.9. The van der Waals surface area contributed by atoms with E-state index in [9.17, 15) is 47.9 Å². The first-order valence-electron chi connectivity index (χ1n) is 51.4. The molecule has 4 aliphatic heterocycles. The molecule has 4 unspecified atom stereocenters. The van der Waals surface area contributed by atoms with Gasteiger partial charge in [0, 0.05) is 158 Å². The van der Waals surface area contributed by atoms with Crippen LogP contribution in [0.3, 0.4) is 0 Å². The third kappa shape index (κ3) is 25.8. The fourth-order valence-corrected chi connectivity index (χ4v) is 20.8. The van der Waals surface area contributed by atoms with Crippen molar-refractivity contribution in [2.45, 2.75) is 243 Å². The quantitative estimate of drug-likeness (QED) is 0.0203. The molecule has 0 spiro atoms. The van der Waals surface area contributed by atoms with Crippen LogP contribution in [0.25, 0.3) is 44.1 Å². The fraction of sp³-hybridized carbons (Fsp3) is 0.453. The average molecular weight is 2020 g/mol. The van der Waals surface area contributed by atoms with Crippen LogP contribution in [0.2, 0.25) is 0 Å². The van der Waals surface area contributed by atoms with Crippen molar-refractivity contribution in [3.8, 4) is 0 Å². The van der Waals surface area contributed by atoms with E-state index in [-0.39, 0.29) is 81.5 Å². The largest absolute Gasteiger partial charge is 0.447 e. The predicted molar refractivity (Wildman–Crippen MR) is 562 cm³/mol. The number of rotatable bonds is 28. The van der Waals surface area contributed by atoms with E-state index < -0.39 is 45.3 Å². The molecule has 6 amide bonds. The molecule has 780 valence electrons. The van der Waals surface area contributed by atoms with Gasteiger partial charge >= 0.3 is 12.2 Å². The molecule has 4 aromatic carbocycles. The van der Waals surface area contributed by atoms with Crippen molar-refractivity contribution < 1.29 is 57.6 Å². The molecule has 12 heterocycles. The molecule has 4 saturated carbocycles. The highest BCUT2D eigenvalue weighted by molar-refractivity contribution is 5.99. The Balaban J connectivity index is 0.000000135. The molecule has 12 N–H and O–H groups in total. The number of hydrogen-bond donors (Lipinski definition) is 12. The molecule has 20 rings (SSSR count). The van der Waals surface area contributed by atoms with Gasteiger partial charge in [0.25, 0.3) is 23.6 Å². The molecule has 148 heavy (non-hydrogen) atoms. The number of pyridine rings is 4. The maximum atomic E-state index is 13.2. The summed E-state index contributed by atoms with van der Waals surface area (Å²) in [6, 6.07) is 34.3. The maximum absolute atomic E-state index is 13.2. The summed E-state index contributed by atoms with van der Waals surface area (Å²) in [5, 5.41) is 26.9. The summed E-state index contributed by atoms with van der Waals surface area (Å²) in [6.07, 6.45) is 34.1. The second-order valence-corrected chi connectivity index (χ2v) is 39.0. The number of amides is 6. The summed E-state index contributed by atoms with van der Waals surface area (Å²) in [4.78, 5) is 186. The van der Waals surface area contributed by atoms with Crippen molar-refractivity contribution in [1.82, 2.24) is 101 Å². The van der Waals surface area contributed by atoms with Crippen molar-refractivity contribution in [3.63, 3.8) is 0 Å². The van der Waals surface area contributed by atoms with Gasteiger partial charge in [-0.1, -0.05) is 101 Å². The molecule has 0 bridgehead atoms. The maximum Gasteiger partial charge on any atom is 0.407 e. The van der Waals surface area contributed by atoms with Crippen LogP contribution in [-0.2, 0) is 41.7 Å². The lowest BCUT2D eigenvalue weighted by Crippen LogP contribution is -2.54. The Morgan fingerprint density at radius 1 is 0.351 bits per heavy atom. The van der Waals surface area contributed by atoms with E-state index in [1.807, 2.05) is 91.1 Å². The molecule has 8 aliphatic rings. The average Bonchev–Trinajstić information content (AvgIpc) is 0.880. The van der Waals surface area contributed by atoms with Crippen LogP contribution in [0.15, 0.2) is 166 Å². The van der Waals surface area contributed by atoms with Gasteiger partial charge in [-0.2, -0.15) is 19.9 Å². The van der Waals surface area contributed by atoms with E-state index in [2.05, 4.69) is 151 Å². The zero-order chi connectivity index (χ0) is 103. The van der Waals surface area contributed by atoms with Gasteiger partial charge in [-0.25, -0.2) is 51.4 Å². The van der Waals surface area contributed by atoms with Gasteiger partial charge in [0.1, 0.15) is 58.1 Å². The fourth-order valence-electron chi connectivity index (χ4n) is 20.8. The number of ether oxygens (including phenoxy) is 2. The molecule has 42 heteroatoms. The number of hydrogen-bond acceptors (Lipinski definition) is 32. The number of carbonyl (C=O) groups is 6. The lowest BCUT2D eigenvalue weighted by Gasteiger charge is -2.37. The number of hydroxylamine groups is 4. The van der Waals surface area contributed by atoms with Gasteiger partial charge < -0.3 is 80.1 Å². The van der Waals surface area contributed by atoms with Gasteiger partial charge in [-0.3, -0.25) is 57.7 Å². The summed E-state index contributed by atoms with van der Waals surface area (Å²) in [7, 11) is 2.67. The molecule has 12 aromatic rings. The topological polar surface area (TPSA) is 500 Å². The molecule has 0 radical (unpaired) electrons. The van der Waals surface area contributed by atoms with Crippen molar-refractivity contribution in [1.29, 1.82) is 0 Å². The predicted octanol–water partition coefficient (Wildman–Crippen LogP) is 13.8. The van der Waals surface area contributed by atoms with Crippen LogP contribution in [0, 0.1) is 0 Å². The number of nitrogens with one attached hydrogen (secondary N) is 12. The number of fused-ring (bicyclic) bond motifs is 4. The van der Waals surface area contributed by atoms with E-state index in [1.54, 1.807) is 38.6 Å². The highest BCUT2D eigenvalue weighted by atomic mass is 16.7. The number of carbonyl (C=O) groups excluding carboxylic acids is 6. The highest BCUT2D eigenvalue weighted by Gasteiger charge is 2.33. The van der Waals surface area contributed by atoms with Crippen LogP contribution in [0.5, 0.6) is 0 Å². The smallest absolute Gasteiger partial charge is 0.407 e. The number of anilines is 10. The zero-order valence-electron chi connectivity index (χ0n) is 84.6. The summed E-state index contributed by atoms with van der Waals surface area (Å²) in [6.45, 7) is 17.5. The van der Waals surface area contributed by atoms with Gasteiger partial charge in [0.15, 0.2) is 0 Å². The minimum Gasteiger partial charge on any atom is -0.447 e. The van der Waals surface area contributed by atoms with Gasteiger partial charge in [0.2, 0.25) is 45.5 Å². The Hall–Kier alpha value is -15.0. The van der Waals surface area contributed by atoms with Crippen molar-refractivity contribution in [2.24, 2.45) is 0 Å². The molecule has 4 aliphatic carbocycles. The minimum absolute atomic E-state index is 0.00123. The minimum atomic E-state index is -0.597. The lowest BCUT2D eigenvalue weighted by atomic mass is 9.95. The van der Waals surface area contributed by atoms with Gasteiger partial charge in [-0.05, 0) is 190 Å². The molecular formula is C106H130N26O16. The van der Waals surface area contributed by atoms with Crippen LogP contribution < -0.4 is 96.0 Å². The van der Waals surface area contributed by atoms with E-state index in [0.29, 0.717) is 121 Å². The molecule has 8 aromatic heterocycles. The Kier molecular flexibility index (Phi) is 34.6. The number of benzene rings is 4. The first kappa shape index (κ1) is 104. The van der Waals surface area contributed by atoms with E-state index in [0.717, 1.165) is 163 Å². The van der Waals surface area contributed by atoms with Crippen LogP contribution >= 0.6 is 0 Å². The monoisotopic (exact) mass is 2020 g/mol. The Bertz CT molecular complexity index is 6970. The van der Waals surface area contributed by atoms with E-state index in [4.69, 9.17) is 43.8 Å². The summed E-state index contributed by atoms with van der Waals surface area (Å²) < 4.78 is 17.7. The standard InChI is InChI=1S/C28H37N7O3.C27H35N7O3.C26H30N6O5.C25H28N6O5/c1-4-38-33-27(37)24-17-35(22-8-6-5-7-9-22)26-23(25(24)36)14-29-28(32-26)31-20-10-12-21(13-11-20)34-15-18(2)30-19(3)16-34;1-17-14-33(15-18(2)29-17)20-11-9-19(10-12-20)30-27-28-13-22-24(35)23(26(36)32-37-3)16-34(25(22)31-27)21-7-5-4-6-8-21;1-2-37-31-24(34)21-14-32(19-6-4-3-5-7-19)23-20(22(21)33)13-27-25(30-23)28-17-10-8-16(9-11-17)12-18-15-36-26(35)29-18;1-35-30-23(33)20-13-31(18-5-3-2-4-6-18)22-19(21(20)32)12-26-24(29-22)27-16-9-7-15(8-10-16)11-17-14-36-25(34)28-17/h10-14,17-19,22,30H,4-9,15-16H2,1-3H3,(H,33,37)(H,29,31,32);9-13,16-18,21,29H,4-8,14-15H2,1-3H3,(H,32,36)(H,28,30,31);8-11,13-14,18-19H,2-7,12,15H2,1H3,(H,29,35)(H,31,34)(H,27,28,30);7-10,12-13,17-18H,2-6,11,14H2,1H3,(H,28,34)(H,30,33)(H,26,27,29)/t;;18-;17-/m..00/s1. The van der Waals surface area contributed by atoms with Crippen LogP contribution in [0.4, 0.5) is 67.5 Å². The number of cyclic esters (lactones) is 2. The molecule has 4 saturated heterocycles. The van der Waals surface area contributed by atoms with E-state index in [1.165, 1.54) is 76.1 Å².